The maximum absolute atomic E-state index is 10.9. The summed E-state index contributed by atoms with van der Waals surface area (Å²) in [6, 6.07) is 10.8. The highest BCUT2D eigenvalue weighted by molar-refractivity contribution is 5.79. The summed E-state index contributed by atoms with van der Waals surface area (Å²) in [5.74, 6) is -0.0701. The summed E-state index contributed by atoms with van der Waals surface area (Å²) in [5, 5.41) is 20.6. The minimum Gasteiger partial charge on any atom is -0.507 e. The van der Waals surface area contributed by atoms with Gasteiger partial charge in [-0.3, -0.25) is 10.1 Å². The molecule has 0 fully saturated rings. The first kappa shape index (κ1) is 10.9. The summed E-state index contributed by atoms with van der Waals surface area (Å²) in [5.41, 5.74) is 6.63. The van der Waals surface area contributed by atoms with E-state index in [1.807, 2.05) is 0 Å². The van der Waals surface area contributed by atoms with Gasteiger partial charge in [-0.2, -0.15) is 0 Å². The van der Waals surface area contributed by atoms with Crippen LogP contribution in [-0.2, 0) is 0 Å². The molecule has 0 bridgehead atoms. The highest BCUT2D eigenvalue weighted by Crippen LogP contribution is 2.36. The van der Waals surface area contributed by atoms with Crippen molar-refractivity contribution >= 4 is 11.4 Å². The SMILES string of the molecule is Nc1ccc(-c2ccccc2[N+](=O)[O-])c(O)c1. The van der Waals surface area contributed by atoms with Gasteiger partial charge < -0.3 is 10.8 Å². The van der Waals surface area contributed by atoms with Gasteiger partial charge in [-0.25, -0.2) is 0 Å². The van der Waals surface area contributed by atoms with Crippen molar-refractivity contribution in [2.75, 3.05) is 5.73 Å². The molecule has 86 valence electrons. The third-order valence-corrected chi connectivity index (χ3v) is 2.41. The molecule has 2 aromatic carbocycles. The zero-order chi connectivity index (χ0) is 12.4. The molecule has 0 saturated heterocycles. The predicted molar refractivity (Wildman–Crippen MR) is 64.6 cm³/mol. The Morgan fingerprint density at radius 2 is 1.82 bits per heavy atom. The molecule has 0 spiro atoms. The van der Waals surface area contributed by atoms with E-state index >= 15 is 0 Å². The van der Waals surface area contributed by atoms with Gasteiger partial charge in [0.15, 0.2) is 0 Å². The van der Waals surface area contributed by atoms with E-state index in [9.17, 15) is 15.2 Å². The molecule has 5 heteroatoms. The molecule has 0 heterocycles. The molecule has 0 aliphatic rings. The van der Waals surface area contributed by atoms with E-state index in [1.165, 1.54) is 12.1 Å². The number of nitrogens with zero attached hydrogens (tertiary/aromatic N) is 1. The summed E-state index contributed by atoms with van der Waals surface area (Å²) >= 11 is 0. The number of rotatable bonds is 2. The van der Waals surface area contributed by atoms with Gasteiger partial charge in [-0.05, 0) is 18.2 Å². The topological polar surface area (TPSA) is 89.4 Å². The molecular weight excluding hydrogens is 220 g/mol. The van der Waals surface area contributed by atoms with E-state index in [1.54, 1.807) is 30.3 Å². The number of phenolic OH excluding ortho intramolecular Hbond substituents is 1. The highest BCUT2D eigenvalue weighted by atomic mass is 16.6. The second-order valence-electron chi connectivity index (χ2n) is 3.55. The lowest BCUT2D eigenvalue weighted by Gasteiger charge is -2.06. The molecule has 5 nitrogen and oxygen atoms in total. The van der Waals surface area contributed by atoms with Crippen molar-refractivity contribution in [3.8, 4) is 16.9 Å². The molecule has 0 amide bonds. The largest absolute Gasteiger partial charge is 0.507 e. The quantitative estimate of drug-likeness (QED) is 0.471. The molecular formula is C12H10N2O3. The Bertz CT molecular complexity index is 582. The number of nitro groups is 1. The number of phenols is 1. The highest BCUT2D eigenvalue weighted by Gasteiger charge is 2.16. The van der Waals surface area contributed by atoms with Crippen LogP contribution in [0.15, 0.2) is 42.5 Å². The second-order valence-corrected chi connectivity index (χ2v) is 3.55. The van der Waals surface area contributed by atoms with Gasteiger partial charge in [-0.1, -0.05) is 12.1 Å². The zero-order valence-electron chi connectivity index (χ0n) is 8.83. The van der Waals surface area contributed by atoms with Gasteiger partial charge in [0.1, 0.15) is 5.75 Å². The molecule has 0 aliphatic heterocycles. The van der Waals surface area contributed by atoms with E-state index in [-0.39, 0.29) is 11.4 Å². The smallest absolute Gasteiger partial charge is 0.277 e. The number of hydrogen-bond acceptors (Lipinski definition) is 4. The van der Waals surface area contributed by atoms with Crippen LogP contribution < -0.4 is 5.73 Å². The zero-order valence-corrected chi connectivity index (χ0v) is 8.83. The molecule has 0 atom stereocenters. The first-order chi connectivity index (χ1) is 8.09. The van der Waals surface area contributed by atoms with Crippen LogP contribution >= 0.6 is 0 Å². The monoisotopic (exact) mass is 230 g/mol. The van der Waals surface area contributed by atoms with Crippen molar-refractivity contribution in [2.45, 2.75) is 0 Å². The number of anilines is 1. The van der Waals surface area contributed by atoms with Crippen LogP contribution in [0.1, 0.15) is 0 Å². The average Bonchev–Trinajstić information content (AvgIpc) is 2.29. The van der Waals surface area contributed by atoms with E-state index in [4.69, 9.17) is 5.73 Å². The summed E-state index contributed by atoms with van der Waals surface area (Å²) in [4.78, 5) is 10.4. The lowest BCUT2D eigenvalue weighted by molar-refractivity contribution is -0.384. The van der Waals surface area contributed by atoms with Crippen molar-refractivity contribution in [3.63, 3.8) is 0 Å². The molecule has 0 saturated carbocycles. The predicted octanol–water partition coefficient (Wildman–Crippen LogP) is 2.55. The van der Waals surface area contributed by atoms with Crippen molar-refractivity contribution in [1.82, 2.24) is 0 Å². The molecule has 0 radical (unpaired) electrons. The third-order valence-electron chi connectivity index (χ3n) is 2.41. The molecule has 2 rings (SSSR count). The van der Waals surface area contributed by atoms with Crippen LogP contribution in [0.25, 0.3) is 11.1 Å². The van der Waals surface area contributed by atoms with Crippen molar-refractivity contribution < 1.29 is 10.0 Å². The van der Waals surface area contributed by atoms with Crippen LogP contribution in [0, 0.1) is 10.1 Å². The second kappa shape index (κ2) is 4.13. The maximum atomic E-state index is 10.9. The first-order valence-corrected chi connectivity index (χ1v) is 4.92. The standard InChI is InChI=1S/C12H10N2O3/c13-8-5-6-10(12(15)7-8)9-3-1-2-4-11(9)14(16)17/h1-7,15H,13H2. The van der Waals surface area contributed by atoms with Crippen LogP contribution in [0.4, 0.5) is 11.4 Å². The Kier molecular flexibility index (Phi) is 2.66. The Balaban J connectivity index is 2.64. The summed E-state index contributed by atoms with van der Waals surface area (Å²) in [7, 11) is 0. The molecule has 0 aromatic heterocycles. The lowest BCUT2D eigenvalue weighted by atomic mass is 10.0. The van der Waals surface area contributed by atoms with Crippen LogP contribution in [0.3, 0.4) is 0 Å². The Morgan fingerprint density at radius 3 is 2.47 bits per heavy atom. The summed E-state index contributed by atoms with van der Waals surface area (Å²) < 4.78 is 0. The van der Waals surface area contributed by atoms with Gasteiger partial charge in [0, 0.05) is 23.4 Å². The molecule has 0 aliphatic carbocycles. The number of nitro benzene ring substituents is 1. The number of hydrogen-bond donors (Lipinski definition) is 2. The molecule has 2 aromatic rings. The lowest BCUT2D eigenvalue weighted by Crippen LogP contribution is -1.92. The third kappa shape index (κ3) is 2.03. The number of para-hydroxylation sites is 1. The van der Waals surface area contributed by atoms with E-state index in [2.05, 4.69) is 0 Å². The fourth-order valence-electron chi connectivity index (χ4n) is 1.64. The number of nitrogen functional groups attached to an aromatic ring is 1. The van der Waals surface area contributed by atoms with Crippen molar-refractivity contribution in [3.05, 3.63) is 52.6 Å². The minimum absolute atomic E-state index is 0.0485. The van der Waals surface area contributed by atoms with Gasteiger partial charge in [0.05, 0.1) is 10.5 Å². The van der Waals surface area contributed by atoms with Crippen molar-refractivity contribution in [1.29, 1.82) is 0 Å². The first-order valence-electron chi connectivity index (χ1n) is 4.92. The molecule has 0 unspecified atom stereocenters. The molecule has 3 N–H and O–H groups in total. The van der Waals surface area contributed by atoms with Gasteiger partial charge in [0.25, 0.3) is 5.69 Å². The Hall–Kier alpha value is -2.56. The minimum atomic E-state index is -0.481. The Morgan fingerprint density at radius 1 is 1.12 bits per heavy atom. The average molecular weight is 230 g/mol. The fourth-order valence-corrected chi connectivity index (χ4v) is 1.64. The number of aromatic hydroxyl groups is 1. The normalized spacial score (nSPS) is 10.1. The number of nitrogens with two attached hydrogens (primary N) is 1. The van der Waals surface area contributed by atoms with E-state index in [0.717, 1.165) is 0 Å². The molecule has 17 heavy (non-hydrogen) atoms. The van der Waals surface area contributed by atoms with Crippen LogP contribution in [0.5, 0.6) is 5.75 Å². The van der Waals surface area contributed by atoms with Crippen LogP contribution in [-0.4, -0.2) is 10.0 Å². The fraction of sp³-hybridized carbons (Fsp3) is 0. The number of benzene rings is 2. The summed E-state index contributed by atoms with van der Waals surface area (Å²) in [6.07, 6.45) is 0. The summed E-state index contributed by atoms with van der Waals surface area (Å²) in [6.45, 7) is 0. The van der Waals surface area contributed by atoms with E-state index < -0.39 is 4.92 Å². The van der Waals surface area contributed by atoms with E-state index in [0.29, 0.717) is 16.8 Å². The van der Waals surface area contributed by atoms with Gasteiger partial charge in [-0.15, -0.1) is 0 Å². The maximum Gasteiger partial charge on any atom is 0.277 e. The van der Waals surface area contributed by atoms with Gasteiger partial charge in [0.2, 0.25) is 0 Å². The van der Waals surface area contributed by atoms with Crippen molar-refractivity contribution in [2.24, 2.45) is 0 Å². The Labute approximate surface area is 97.3 Å². The van der Waals surface area contributed by atoms with Gasteiger partial charge >= 0.3 is 0 Å². The van der Waals surface area contributed by atoms with Crippen LogP contribution in [0.2, 0.25) is 0 Å².